The van der Waals surface area contributed by atoms with Crippen LogP contribution in [0.15, 0.2) is 46.2 Å². The van der Waals surface area contributed by atoms with Crippen molar-refractivity contribution in [1.29, 1.82) is 0 Å². The number of hydrogen-bond donors (Lipinski definition) is 2. The lowest BCUT2D eigenvalue weighted by Crippen LogP contribution is -2.42. The van der Waals surface area contributed by atoms with Gasteiger partial charge in [0, 0.05) is 23.9 Å². The SMILES string of the molecule is COc1ccc(-c2cn(C[C@H](CC(C)C)NC(=O)Cn3ccc(=O)[nH]c3=O)nn2)c(Cl)c1. The summed E-state index contributed by atoms with van der Waals surface area (Å²) < 4.78 is 7.96. The summed E-state index contributed by atoms with van der Waals surface area (Å²) in [6.07, 6.45) is 3.75. The van der Waals surface area contributed by atoms with Crippen LogP contribution in [0.4, 0.5) is 0 Å². The maximum atomic E-state index is 12.5. The highest BCUT2D eigenvalue weighted by Crippen LogP contribution is 2.29. The monoisotopic (exact) mass is 460 g/mol. The van der Waals surface area contributed by atoms with Crippen LogP contribution in [0.2, 0.25) is 5.02 Å². The van der Waals surface area contributed by atoms with Crippen LogP contribution in [0.3, 0.4) is 0 Å². The van der Waals surface area contributed by atoms with Gasteiger partial charge in [0.05, 0.1) is 24.9 Å². The summed E-state index contributed by atoms with van der Waals surface area (Å²) in [4.78, 5) is 37.7. The molecule has 32 heavy (non-hydrogen) atoms. The maximum absolute atomic E-state index is 12.5. The molecule has 3 aromatic rings. The fraction of sp³-hybridized carbons (Fsp3) is 0.381. The van der Waals surface area contributed by atoms with Gasteiger partial charge in [0.25, 0.3) is 5.56 Å². The number of carbonyl (C=O) groups excluding carboxylic acids is 1. The van der Waals surface area contributed by atoms with Gasteiger partial charge in [-0.3, -0.25) is 19.1 Å². The van der Waals surface area contributed by atoms with Gasteiger partial charge < -0.3 is 10.1 Å². The van der Waals surface area contributed by atoms with E-state index in [9.17, 15) is 14.4 Å². The molecule has 0 radical (unpaired) electrons. The molecule has 0 unspecified atom stereocenters. The minimum atomic E-state index is -0.634. The normalized spacial score (nSPS) is 12.0. The van der Waals surface area contributed by atoms with Crippen LogP contribution in [0, 0.1) is 5.92 Å². The minimum absolute atomic E-state index is 0.200. The first kappa shape index (κ1) is 23.3. The van der Waals surface area contributed by atoms with E-state index in [4.69, 9.17) is 16.3 Å². The molecule has 1 amide bonds. The van der Waals surface area contributed by atoms with Crippen LogP contribution in [-0.2, 0) is 17.9 Å². The molecule has 170 valence electrons. The van der Waals surface area contributed by atoms with Crippen LogP contribution in [0.5, 0.6) is 5.75 Å². The summed E-state index contributed by atoms with van der Waals surface area (Å²) in [5.41, 5.74) is 0.182. The van der Waals surface area contributed by atoms with Gasteiger partial charge in [-0.1, -0.05) is 30.7 Å². The summed E-state index contributed by atoms with van der Waals surface area (Å²) in [7, 11) is 1.57. The summed E-state index contributed by atoms with van der Waals surface area (Å²) in [6.45, 7) is 4.30. The van der Waals surface area contributed by atoms with Crippen molar-refractivity contribution in [3.8, 4) is 17.0 Å². The second kappa shape index (κ2) is 10.3. The number of ether oxygens (including phenoxy) is 1. The molecule has 2 N–H and O–H groups in total. The Balaban J connectivity index is 1.71. The zero-order valence-corrected chi connectivity index (χ0v) is 18.8. The number of methoxy groups -OCH3 is 1. The fourth-order valence-electron chi connectivity index (χ4n) is 3.31. The Morgan fingerprint density at radius 1 is 1.28 bits per heavy atom. The quantitative estimate of drug-likeness (QED) is 0.500. The number of aromatic amines is 1. The third kappa shape index (κ3) is 6.07. The molecule has 0 saturated carbocycles. The molecule has 0 fully saturated rings. The fourth-order valence-corrected chi connectivity index (χ4v) is 3.58. The molecule has 11 heteroatoms. The van der Waals surface area contributed by atoms with E-state index in [1.807, 2.05) is 6.07 Å². The predicted molar refractivity (Wildman–Crippen MR) is 120 cm³/mol. The van der Waals surface area contributed by atoms with Crippen LogP contribution in [0.25, 0.3) is 11.3 Å². The summed E-state index contributed by atoms with van der Waals surface area (Å²) >= 11 is 6.33. The van der Waals surface area contributed by atoms with Crippen LogP contribution in [-0.4, -0.2) is 43.6 Å². The number of rotatable bonds is 9. The first-order valence-electron chi connectivity index (χ1n) is 10.1. The number of H-pyrrole nitrogens is 1. The van der Waals surface area contributed by atoms with Gasteiger partial charge in [-0.15, -0.1) is 5.10 Å². The number of aromatic nitrogens is 5. The highest BCUT2D eigenvalue weighted by atomic mass is 35.5. The van der Waals surface area contributed by atoms with Crippen molar-refractivity contribution in [2.75, 3.05) is 7.11 Å². The number of hydrogen-bond acceptors (Lipinski definition) is 6. The van der Waals surface area contributed by atoms with Crippen LogP contribution >= 0.6 is 11.6 Å². The molecule has 1 atom stereocenters. The predicted octanol–water partition coefficient (Wildman–Crippen LogP) is 1.69. The van der Waals surface area contributed by atoms with E-state index in [0.717, 1.165) is 10.1 Å². The molecule has 0 bridgehead atoms. The second-order valence-corrected chi connectivity index (χ2v) is 8.21. The zero-order chi connectivity index (χ0) is 23.3. The Labute approximate surface area is 189 Å². The topological polar surface area (TPSA) is 124 Å². The lowest BCUT2D eigenvalue weighted by Gasteiger charge is -2.20. The van der Waals surface area contributed by atoms with Gasteiger partial charge in [0.15, 0.2) is 0 Å². The molecular weight excluding hydrogens is 436 g/mol. The Kier molecular flexibility index (Phi) is 7.47. The molecule has 0 saturated heterocycles. The minimum Gasteiger partial charge on any atom is -0.497 e. The number of halogens is 1. The van der Waals surface area contributed by atoms with Gasteiger partial charge in [-0.2, -0.15) is 0 Å². The first-order valence-corrected chi connectivity index (χ1v) is 10.5. The van der Waals surface area contributed by atoms with Crippen molar-refractivity contribution >= 4 is 17.5 Å². The second-order valence-electron chi connectivity index (χ2n) is 7.80. The lowest BCUT2D eigenvalue weighted by atomic mass is 10.0. The van der Waals surface area contributed by atoms with Crippen molar-refractivity contribution in [2.45, 2.75) is 39.4 Å². The average molecular weight is 461 g/mol. The lowest BCUT2D eigenvalue weighted by molar-refractivity contribution is -0.122. The number of nitrogens with one attached hydrogen (secondary N) is 2. The zero-order valence-electron chi connectivity index (χ0n) is 18.0. The molecule has 0 aliphatic rings. The van der Waals surface area contributed by atoms with Gasteiger partial charge >= 0.3 is 5.69 Å². The van der Waals surface area contributed by atoms with Crippen molar-refractivity contribution in [3.05, 3.63) is 62.5 Å². The highest BCUT2D eigenvalue weighted by molar-refractivity contribution is 6.33. The largest absolute Gasteiger partial charge is 0.497 e. The molecule has 2 heterocycles. The Bertz CT molecular complexity index is 1200. The van der Waals surface area contributed by atoms with E-state index in [1.54, 1.807) is 30.1 Å². The van der Waals surface area contributed by atoms with Crippen molar-refractivity contribution in [2.24, 2.45) is 5.92 Å². The summed E-state index contributed by atoms with van der Waals surface area (Å²) in [6, 6.07) is 6.27. The van der Waals surface area contributed by atoms with E-state index in [2.05, 4.69) is 34.5 Å². The number of carbonyl (C=O) groups is 1. The molecule has 1 aromatic carbocycles. The van der Waals surface area contributed by atoms with E-state index in [1.165, 1.54) is 12.3 Å². The van der Waals surface area contributed by atoms with Gasteiger partial charge in [-0.25, -0.2) is 9.48 Å². The van der Waals surface area contributed by atoms with E-state index < -0.39 is 11.2 Å². The van der Waals surface area contributed by atoms with Gasteiger partial charge in [0.1, 0.15) is 18.0 Å². The molecule has 2 aromatic heterocycles. The van der Waals surface area contributed by atoms with E-state index in [-0.39, 0.29) is 18.5 Å². The van der Waals surface area contributed by atoms with Crippen molar-refractivity contribution in [3.63, 3.8) is 0 Å². The smallest absolute Gasteiger partial charge is 0.328 e. The van der Waals surface area contributed by atoms with Crippen LogP contribution < -0.4 is 21.3 Å². The summed E-state index contributed by atoms with van der Waals surface area (Å²) in [5.74, 6) is 0.617. The number of nitrogens with zero attached hydrogens (tertiary/aromatic N) is 4. The molecule has 0 spiro atoms. The van der Waals surface area contributed by atoms with Crippen molar-refractivity contribution in [1.82, 2.24) is 29.9 Å². The first-order chi connectivity index (χ1) is 15.2. The molecule has 0 aliphatic carbocycles. The Hall–Kier alpha value is -3.40. The molecule has 0 aliphatic heterocycles. The third-order valence-corrected chi connectivity index (χ3v) is 5.04. The maximum Gasteiger partial charge on any atom is 0.328 e. The van der Waals surface area contributed by atoms with Crippen LogP contribution in [0.1, 0.15) is 20.3 Å². The van der Waals surface area contributed by atoms with Crippen molar-refractivity contribution < 1.29 is 9.53 Å². The highest BCUT2D eigenvalue weighted by Gasteiger charge is 2.17. The summed E-state index contributed by atoms with van der Waals surface area (Å²) in [5, 5.41) is 11.8. The third-order valence-electron chi connectivity index (χ3n) is 4.73. The van der Waals surface area contributed by atoms with Gasteiger partial charge in [0.2, 0.25) is 5.91 Å². The number of amides is 1. The Morgan fingerprint density at radius 2 is 2.06 bits per heavy atom. The Morgan fingerprint density at radius 3 is 2.72 bits per heavy atom. The van der Waals surface area contributed by atoms with E-state index in [0.29, 0.717) is 35.3 Å². The average Bonchev–Trinajstić information content (AvgIpc) is 3.17. The van der Waals surface area contributed by atoms with Gasteiger partial charge in [-0.05, 0) is 30.5 Å². The molecule has 3 rings (SSSR count). The standard InChI is InChI=1S/C21H25ClN6O4/c1-13(2)8-14(23-20(30)12-27-7-6-19(29)24-21(27)31)10-28-11-18(25-26-28)16-5-4-15(32-3)9-17(16)22/h4-7,9,11,13-14H,8,10,12H2,1-3H3,(H,23,30)(H,24,29,31)/t14-/m0/s1. The molecule has 10 nitrogen and oxygen atoms in total. The number of benzene rings is 1. The van der Waals surface area contributed by atoms with E-state index >= 15 is 0 Å². The molecular formula is C21H25ClN6O4.